The summed E-state index contributed by atoms with van der Waals surface area (Å²) < 4.78 is 98.9. The largest absolute Gasteiger partial charge is 0.504 e. The van der Waals surface area contributed by atoms with Crippen LogP contribution < -0.4 is 14.2 Å². The molecule has 0 saturated carbocycles. The molecule has 3 rings (SSSR count). The van der Waals surface area contributed by atoms with Gasteiger partial charge in [-0.2, -0.15) is 0 Å². The zero-order valence-corrected chi connectivity index (χ0v) is 55.6. The number of hydrogen-bond acceptors (Lipinski definition) is 28. The van der Waals surface area contributed by atoms with E-state index in [2.05, 4.69) is 19.9 Å². The second kappa shape index (κ2) is 63.1. The second-order valence-electron chi connectivity index (χ2n) is 18.9. The Kier molecular flexibility index (Phi) is 57.7. The van der Waals surface area contributed by atoms with E-state index in [1.54, 1.807) is 73.2 Å². The maximum Gasteiger partial charge on any atom is 0.166 e. The monoisotopic (exact) mass is 1460 g/mol. The summed E-state index contributed by atoms with van der Waals surface area (Å²) >= 11 is 0. The minimum atomic E-state index is -0.0397. The van der Waals surface area contributed by atoms with Crippen LogP contribution in [0.3, 0.4) is 0 Å². The summed E-state index contributed by atoms with van der Waals surface area (Å²) in [5.74, 6) is 0.789. The van der Waals surface area contributed by atoms with E-state index < -0.39 is 0 Å². The van der Waals surface area contributed by atoms with Gasteiger partial charge in [0.05, 0.1) is 238 Å². The first-order valence-electron chi connectivity index (χ1n) is 31.0. The Morgan fingerprint density at radius 3 is 0.652 bits per heavy atom. The van der Waals surface area contributed by atoms with Crippen LogP contribution in [0.15, 0.2) is 69.6 Å². The quantitative estimate of drug-likeness (QED) is 0.0348. The van der Waals surface area contributed by atoms with Crippen molar-refractivity contribution < 1.29 is 156 Å². The number of aromatic hydroxyl groups is 3. The van der Waals surface area contributed by atoms with Crippen molar-refractivity contribution in [3.63, 3.8) is 0 Å². The molecule has 28 nitrogen and oxygen atoms in total. The van der Waals surface area contributed by atoms with E-state index in [1.165, 1.54) is 0 Å². The molecule has 3 aromatic carbocycles. The molecule has 526 valence electrons. The first kappa shape index (κ1) is 84.1. The molecule has 3 aromatic rings. The van der Waals surface area contributed by atoms with Crippen LogP contribution in [-0.2, 0) is 71.1 Å². The summed E-state index contributed by atoms with van der Waals surface area (Å²) in [7, 11) is 0. The van der Waals surface area contributed by atoms with Gasteiger partial charge in [-0.3, -0.25) is 19.9 Å². The van der Waals surface area contributed by atoms with Crippen LogP contribution in [0.4, 0.5) is 0 Å². The fourth-order valence-electron chi connectivity index (χ4n) is 7.47. The van der Waals surface area contributed by atoms with Crippen LogP contribution in [0.25, 0.3) is 0 Å². The number of aliphatic hydroxyl groups is 3. The predicted octanol–water partition coefficient (Wildman–Crippen LogP) is 2.12. The molecule has 0 heterocycles. The first-order chi connectivity index (χ1) is 45.0. The molecule has 0 aliphatic carbocycles. The van der Waals surface area contributed by atoms with Gasteiger partial charge in [-0.1, -0.05) is 18.2 Å². The van der Waals surface area contributed by atoms with Crippen LogP contribution in [0.2, 0.25) is 0 Å². The minimum Gasteiger partial charge on any atom is -0.504 e. The van der Waals surface area contributed by atoms with Gasteiger partial charge in [-0.15, -0.1) is 0 Å². The van der Waals surface area contributed by atoms with E-state index >= 15 is 0 Å². The number of phenols is 3. The minimum absolute atomic E-state index is 0. The fraction of sp³-hybridized carbons (Fsp3) is 0.667. The van der Waals surface area contributed by atoms with Gasteiger partial charge in [0, 0.05) is 94.9 Å². The van der Waals surface area contributed by atoms with Crippen molar-refractivity contribution in [3.8, 4) is 34.5 Å². The number of hydrogen-bond donors (Lipinski definition) is 6. The zero-order valence-electron chi connectivity index (χ0n) is 53.3. The van der Waals surface area contributed by atoms with E-state index in [9.17, 15) is 15.3 Å². The number of phenolic OH excluding ortho intramolecular Hbond substituents is 3. The number of rotatable bonds is 66. The molecule has 0 amide bonds. The Bertz CT molecular complexity index is 2010. The fourth-order valence-corrected chi connectivity index (χ4v) is 7.47. The van der Waals surface area contributed by atoms with Gasteiger partial charge in [0.1, 0.15) is 19.8 Å². The molecular formula is C63H102GdN4O24. The molecule has 0 saturated heterocycles. The Hall–Kier alpha value is -3.97. The van der Waals surface area contributed by atoms with Crippen LogP contribution in [0.1, 0.15) is 16.7 Å². The van der Waals surface area contributed by atoms with E-state index in [4.69, 9.17) is 101 Å². The third-order valence-electron chi connectivity index (χ3n) is 12.0. The second-order valence-corrected chi connectivity index (χ2v) is 18.9. The van der Waals surface area contributed by atoms with Crippen LogP contribution in [0, 0.1) is 39.9 Å². The normalized spacial score (nSPS) is 11.7. The van der Waals surface area contributed by atoms with Crippen LogP contribution in [0.5, 0.6) is 34.5 Å². The van der Waals surface area contributed by atoms with Gasteiger partial charge < -0.3 is 116 Å². The molecule has 6 N–H and O–H groups in total. The van der Waals surface area contributed by atoms with Gasteiger partial charge in [-0.05, 0) is 36.4 Å². The first-order valence-corrected chi connectivity index (χ1v) is 31.0. The Morgan fingerprint density at radius 1 is 0.272 bits per heavy atom. The topological polar surface area (TPSA) is 328 Å². The average Bonchev–Trinajstić information content (AvgIpc) is 1.96. The molecule has 0 radical (unpaired) electrons. The molecule has 92 heavy (non-hydrogen) atoms. The van der Waals surface area contributed by atoms with E-state index in [0.717, 1.165) is 0 Å². The Labute approximate surface area is 573 Å². The van der Waals surface area contributed by atoms with Crippen LogP contribution in [-0.4, -0.2) is 331 Å². The van der Waals surface area contributed by atoms with Gasteiger partial charge in [0.2, 0.25) is 0 Å². The van der Waals surface area contributed by atoms with E-state index in [1.807, 2.05) is 0 Å². The van der Waals surface area contributed by atoms with Crippen molar-refractivity contribution in [2.45, 2.75) is 0 Å². The van der Waals surface area contributed by atoms with Crippen molar-refractivity contribution in [2.24, 2.45) is 15.0 Å². The van der Waals surface area contributed by atoms with Gasteiger partial charge >= 0.3 is 0 Å². The molecule has 29 heteroatoms. The molecule has 0 aromatic heterocycles. The molecule has 0 fully saturated rings. The number of aliphatic hydroxyl groups excluding tert-OH is 3. The van der Waals surface area contributed by atoms with Gasteiger partial charge in [-0.25, -0.2) is 0 Å². The number of nitrogens with zero attached hydrogens (tertiary/aromatic N) is 4. The number of aliphatic imine (C=N–C) groups is 3. The summed E-state index contributed by atoms with van der Waals surface area (Å²) in [5.41, 5.74) is 1.48. The maximum atomic E-state index is 11.0. The Balaban J connectivity index is 0.0000288. The summed E-state index contributed by atoms with van der Waals surface area (Å²) in [6.45, 7) is 15.2. The molecule has 0 bridgehead atoms. The average molecular weight is 1460 g/mol. The standard InChI is InChI=1S/C63H102N4O24.Gd/c68-16-19-74-22-25-77-28-31-80-34-37-83-40-43-86-46-49-89-58-7-1-4-55(61(58)71)52-64-10-13-67(14-11-65-53-56-5-2-8-59(62(56)72)90-50-47-87-44-41-84-38-35-81-32-29-78-26-23-75-20-17-69)15-12-66-54-57-6-3-9-60(63(57)73)91-51-48-88-45-42-85-39-36-82-33-30-79-27-24-76-21-18-70;/h1-9,52-54,68-73H,10-51H2;. The predicted molar refractivity (Wildman–Crippen MR) is 338 cm³/mol. The summed E-state index contributed by atoms with van der Waals surface area (Å²) in [6, 6.07) is 15.6. The van der Waals surface area contributed by atoms with Crippen molar-refractivity contribution in [1.29, 1.82) is 0 Å². The zero-order chi connectivity index (χ0) is 64.8. The third-order valence-corrected chi connectivity index (χ3v) is 12.0. The molecule has 0 aliphatic rings. The Morgan fingerprint density at radius 2 is 0.457 bits per heavy atom. The van der Waals surface area contributed by atoms with Crippen molar-refractivity contribution in [2.75, 3.05) is 277 Å². The molecular weight excluding hydrogens is 1350 g/mol. The summed E-state index contributed by atoms with van der Waals surface area (Å²) in [6.07, 6.45) is 4.82. The molecule has 0 atom stereocenters. The van der Waals surface area contributed by atoms with Gasteiger partial charge in [0.25, 0.3) is 0 Å². The SMILES string of the molecule is OCCOCCOCCOCCOCCOCCOc1cccc(C=NCCN(CCN=Cc2cccc(OCCOCCOCCOCCOCCOCCO)c2O)CCN=Cc2cccc(OCCOCCOCCOCCOCCOCCO)c2O)c1O.[Gd]. The van der Waals surface area contributed by atoms with Crippen LogP contribution >= 0.6 is 0 Å². The molecule has 0 aliphatic heterocycles. The third kappa shape index (κ3) is 46.2. The maximum absolute atomic E-state index is 11.0. The van der Waals surface area contributed by atoms with Crippen molar-refractivity contribution in [1.82, 2.24) is 4.90 Å². The van der Waals surface area contributed by atoms with E-state index in [0.29, 0.717) is 271 Å². The summed E-state index contributed by atoms with van der Waals surface area (Å²) in [4.78, 5) is 16.0. The number of para-hydroxylation sites is 3. The number of benzene rings is 3. The van der Waals surface area contributed by atoms with Gasteiger partial charge in [0.15, 0.2) is 34.5 Å². The smallest absolute Gasteiger partial charge is 0.166 e. The van der Waals surface area contributed by atoms with Crippen molar-refractivity contribution >= 4 is 18.6 Å². The van der Waals surface area contributed by atoms with Crippen molar-refractivity contribution in [3.05, 3.63) is 71.3 Å². The molecule has 0 spiro atoms. The number of ether oxygens (including phenoxy) is 18. The summed E-state index contributed by atoms with van der Waals surface area (Å²) in [5, 5.41) is 59.2. The van der Waals surface area contributed by atoms with E-state index in [-0.39, 0.29) is 96.8 Å². The molecule has 0 unspecified atom stereocenters.